The Morgan fingerprint density at radius 1 is 1.44 bits per heavy atom. The first-order valence-electron chi connectivity index (χ1n) is 5.83. The van der Waals surface area contributed by atoms with Gasteiger partial charge in [0.25, 0.3) is 0 Å². The molecule has 3 aromatic rings. The Bertz CT molecular complexity index is 623. The molecule has 0 aromatic carbocycles. The van der Waals surface area contributed by atoms with E-state index >= 15 is 0 Å². The van der Waals surface area contributed by atoms with E-state index in [1.165, 1.54) is 0 Å². The molecule has 18 heavy (non-hydrogen) atoms. The van der Waals surface area contributed by atoms with Gasteiger partial charge in [0.2, 0.25) is 0 Å². The Kier molecular flexibility index (Phi) is 2.85. The van der Waals surface area contributed by atoms with E-state index in [0.29, 0.717) is 6.54 Å². The van der Waals surface area contributed by atoms with E-state index in [2.05, 4.69) is 15.3 Å². The van der Waals surface area contributed by atoms with Crippen LogP contribution in [0.3, 0.4) is 0 Å². The zero-order chi connectivity index (χ0) is 12.5. The van der Waals surface area contributed by atoms with Crippen molar-refractivity contribution < 1.29 is 0 Å². The van der Waals surface area contributed by atoms with Gasteiger partial charge in [-0.25, -0.2) is 9.67 Å². The molecule has 3 heterocycles. The van der Waals surface area contributed by atoms with E-state index in [9.17, 15) is 0 Å². The summed E-state index contributed by atoms with van der Waals surface area (Å²) in [6.07, 6.45) is 6.75. The fourth-order valence-corrected chi connectivity index (χ4v) is 2.51. The van der Waals surface area contributed by atoms with Crippen LogP contribution in [0, 0.1) is 0 Å². The highest BCUT2D eigenvalue weighted by Gasteiger charge is 2.09. The Balaban J connectivity index is 1.79. The second-order valence-electron chi connectivity index (χ2n) is 4.18. The molecule has 0 saturated heterocycles. The number of thiazole rings is 1. The molecule has 7 heteroatoms. The van der Waals surface area contributed by atoms with Crippen LogP contribution in [0.5, 0.6) is 0 Å². The topological polar surface area (TPSA) is 74.0 Å². The maximum Gasteiger partial charge on any atom is 0.193 e. The third-order valence-electron chi connectivity index (χ3n) is 2.84. The first-order chi connectivity index (χ1) is 8.76. The summed E-state index contributed by atoms with van der Waals surface area (Å²) in [5, 5.41) is 10.2. The third-order valence-corrected chi connectivity index (χ3v) is 3.61. The van der Waals surface area contributed by atoms with Crippen LogP contribution < -0.4 is 5.73 Å². The zero-order valence-electron chi connectivity index (χ0n) is 10.0. The van der Waals surface area contributed by atoms with E-state index in [4.69, 9.17) is 5.73 Å². The van der Waals surface area contributed by atoms with Gasteiger partial charge in [0, 0.05) is 17.8 Å². The van der Waals surface area contributed by atoms with E-state index in [1.54, 1.807) is 16.0 Å². The van der Waals surface area contributed by atoms with Crippen molar-refractivity contribution in [2.75, 3.05) is 0 Å². The van der Waals surface area contributed by atoms with E-state index in [1.807, 2.05) is 35.3 Å². The summed E-state index contributed by atoms with van der Waals surface area (Å²) in [6.45, 7) is 2.66. The van der Waals surface area contributed by atoms with Crippen LogP contribution in [0.4, 0.5) is 0 Å². The van der Waals surface area contributed by atoms with E-state index in [-0.39, 0.29) is 6.04 Å². The van der Waals surface area contributed by atoms with Gasteiger partial charge in [-0.3, -0.25) is 4.40 Å². The summed E-state index contributed by atoms with van der Waals surface area (Å²) in [7, 11) is 0. The molecule has 0 bridgehead atoms. The maximum atomic E-state index is 5.91. The Labute approximate surface area is 108 Å². The second kappa shape index (κ2) is 4.51. The molecule has 1 atom stereocenters. The number of fused-ring (bicyclic) bond motifs is 1. The molecule has 0 fully saturated rings. The highest BCUT2D eigenvalue weighted by Crippen LogP contribution is 2.13. The van der Waals surface area contributed by atoms with Gasteiger partial charge in [-0.15, -0.1) is 16.4 Å². The van der Waals surface area contributed by atoms with Crippen LogP contribution in [-0.4, -0.2) is 24.4 Å². The number of hydrogen-bond donors (Lipinski definition) is 1. The van der Waals surface area contributed by atoms with Crippen molar-refractivity contribution in [3.63, 3.8) is 0 Å². The van der Waals surface area contributed by atoms with Crippen molar-refractivity contribution in [3.8, 4) is 0 Å². The van der Waals surface area contributed by atoms with Gasteiger partial charge in [-0.2, -0.15) is 0 Å². The van der Waals surface area contributed by atoms with Crippen LogP contribution in [0.15, 0.2) is 24.0 Å². The maximum absolute atomic E-state index is 5.91. The first-order valence-corrected chi connectivity index (χ1v) is 6.71. The predicted molar refractivity (Wildman–Crippen MR) is 69.4 cm³/mol. The predicted octanol–water partition coefficient (Wildman–Crippen LogP) is 1.45. The second-order valence-corrected chi connectivity index (χ2v) is 5.05. The fraction of sp³-hybridized carbons (Fsp3) is 0.364. The monoisotopic (exact) mass is 262 g/mol. The Morgan fingerprint density at radius 2 is 2.33 bits per heavy atom. The average Bonchev–Trinajstić information content (AvgIpc) is 3.03. The Hall–Kier alpha value is -1.73. The van der Waals surface area contributed by atoms with Crippen LogP contribution in [0.25, 0.3) is 4.96 Å². The summed E-state index contributed by atoms with van der Waals surface area (Å²) < 4.78 is 3.78. The molecule has 0 amide bonds. The highest BCUT2D eigenvalue weighted by molar-refractivity contribution is 7.15. The van der Waals surface area contributed by atoms with Crippen molar-refractivity contribution in [2.45, 2.75) is 25.9 Å². The molecular formula is C11H14N6S. The molecule has 94 valence electrons. The first kappa shape index (κ1) is 11.4. The summed E-state index contributed by atoms with van der Waals surface area (Å²) in [6, 6.07) is -0.0377. The van der Waals surface area contributed by atoms with Crippen molar-refractivity contribution in [2.24, 2.45) is 5.73 Å². The smallest absolute Gasteiger partial charge is 0.193 e. The van der Waals surface area contributed by atoms with Gasteiger partial charge in [0.1, 0.15) is 0 Å². The summed E-state index contributed by atoms with van der Waals surface area (Å²) in [5.74, 6) is 0. The van der Waals surface area contributed by atoms with Gasteiger partial charge in [-0.1, -0.05) is 12.1 Å². The minimum absolute atomic E-state index is 0.0377. The molecule has 0 saturated carbocycles. The molecule has 3 rings (SSSR count). The lowest BCUT2D eigenvalue weighted by molar-refractivity contribution is 0.637. The molecule has 1 unspecified atom stereocenters. The van der Waals surface area contributed by atoms with Gasteiger partial charge < -0.3 is 5.73 Å². The fourth-order valence-electron chi connectivity index (χ4n) is 1.79. The largest absolute Gasteiger partial charge is 0.323 e. The zero-order valence-corrected chi connectivity index (χ0v) is 10.8. The number of nitrogens with two attached hydrogens (primary N) is 1. The average molecular weight is 262 g/mol. The minimum atomic E-state index is -0.0377. The molecule has 0 aliphatic rings. The van der Waals surface area contributed by atoms with E-state index < -0.39 is 0 Å². The molecule has 3 aromatic heterocycles. The van der Waals surface area contributed by atoms with Crippen molar-refractivity contribution in [1.82, 2.24) is 24.4 Å². The number of hydrogen-bond acceptors (Lipinski definition) is 5. The van der Waals surface area contributed by atoms with Crippen molar-refractivity contribution in [1.29, 1.82) is 0 Å². The van der Waals surface area contributed by atoms with Crippen LogP contribution in [0.1, 0.15) is 30.8 Å². The molecule has 0 spiro atoms. The lowest BCUT2D eigenvalue weighted by Gasteiger charge is -2.01. The lowest BCUT2D eigenvalue weighted by atomic mass is 10.2. The minimum Gasteiger partial charge on any atom is -0.323 e. The molecule has 2 N–H and O–H groups in total. The number of rotatable bonds is 4. The Morgan fingerprint density at radius 3 is 3.11 bits per heavy atom. The van der Waals surface area contributed by atoms with Gasteiger partial charge in [0.05, 0.1) is 30.2 Å². The summed E-state index contributed by atoms with van der Waals surface area (Å²) in [4.78, 5) is 5.50. The highest BCUT2D eigenvalue weighted by atomic mass is 32.1. The van der Waals surface area contributed by atoms with Gasteiger partial charge in [-0.05, 0) is 6.42 Å². The number of aromatic nitrogens is 5. The van der Waals surface area contributed by atoms with Crippen molar-refractivity contribution in [3.05, 3.63) is 35.4 Å². The SMILES string of the molecule is CCC(N)c1cn(Cc2cn3ccsc3n2)nn1. The normalized spacial score (nSPS) is 13.2. The standard InChI is InChI=1S/C11H14N6S/c1-2-9(12)10-7-17(15-14-10)6-8-5-16-3-4-18-11(16)13-8/h3-5,7,9H,2,6,12H2,1H3. The molecule has 6 nitrogen and oxygen atoms in total. The number of nitrogens with zero attached hydrogens (tertiary/aromatic N) is 5. The van der Waals surface area contributed by atoms with Crippen molar-refractivity contribution >= 4 is 16.3 Å². The van der Waals surface area contributed by atoms with Gasteiger partial charge in [0.15, 0.2) is 4.96 Å². The van der Waals surface area contributed by atoms with Crippen LogP contribution in [-0.2, 0) is 6.54 Å². The molecule has 0 aliphatic carbocycles. The third kappa shape index (κ3) is 2.02. The summed E-state index contributed by atoms with van der Waals surface area (Å²) >= 11 is 1.62. The molecular weight excluding hydrogens is 248 g/mol. The van der Waals surface area contributed by atoms with Crippen LogP contribution >= 0.6 is 11.3 Å². The van der Waals surface area contributed by atoms with E-state index in [0.717, 1.165) is 22.8 Å². The molecule has 0 aliphatic heterocycles. The quantitative estimate of drug-likeness (QED) is 0.772. The van der Waals surface area contributed by atoms with Gasteiger partial charge >= 0.3 is 0 Å². The molecule has 0 radical (unpaired) electrons. The summed E-state index contributed by atoms with van der Waals surface area (Å²) in [5.41, 5.74) is 7.72. The lowest BCUT2D eigenvalue weighted by Crippen LogP contribution is -2.08. The van der Waals surface area contributed by atoms with Crippen LogP contribution in [0.2, 0.25) is 0 Å². The number of imidazole rings is 1.